The Hall–Kier alpha value is 0.540. The molecule has 0 saturated heterocycles. The number of thioether (sulfide) groups is 6. The molecule has 0 aromatic carbocycles. The van der Waals surface area contributed by atoms with Crippen molar-refractivity contribution in [3.05, 3.63) is 64.9 Å². The summed E-state index contributed by atoms with van der Waals surface area (Å²) in [5.74, 6) is 0. The van der Waals surface area contributed by atoms with Crippen LogP contribution in [0.3, 0.4) is 0 Å². The van der Waals surface area contributed by atoms with Gasteiger partial charge in [-0.2, -0.15) is 0 Å². The van der Waals surface area contributed by atoms with Crippen molar-refractivity contribution in [1.29, 1.82) is 0 Å². The molecule has 0 unspecified atom stereocenters. The summed E-state index contributed by atoms with van der Waals surface area (Å²) in [5.41, 5.74) is 0. The van der Waals surface area contributed by atoms with Gasteiger partial charge in [0.25, 0.3) is 0 Å². The molecule has 0 aliphatic carbocycles. The lowest BCUT2D eigenvalue weighted by Crippen LogP contribution is -1.49. The van der Waals surface area contributed by atoms with Gasteiger partial charge >= 0.3 is 0 Å². The Morgan fingerprint density at radius 2 is 0.333 bits per heavy atom. The lowest BCUT2D eigenvalue weighted by atomic mass is 11.2. The van der Waals surface area contributed by atoms with Crippen molar-refractivity contribution in [1.82, 2.24) is 0 Å². The fraction of sp³-hybridized carbons (Fsp3) is 0. The van der Waals surface area contributed by atoms with Gasteiger partial charge in [0.05, 0.1) is 0 Å². The number of hydrogen-bond donors (Lipinski definition) is 0. The molecule has 0 aromatic rings. The third-order valence-corrected chi connectivity index (χ3v) is 5.83. The Morgan fingerprint density at radius 1 is 0.222 bits per heavy atom. The Labute approximate surface area is 134 Å². The zero-order valence-corrected chi connectivity index (χ0v) is 14.3. The van der Waals surface area contributed by atoms with Crippen molar-refractivity contribution in [3.63, 3.8) is 0 Å². The van der Waals surface area contributed by atoms with E-state index in [0.29, 0.717) is 0 Å². The molecular weight excluding hydrogens is 337 g/mol. The minimum Gasteiger partial charge on any atom is -0.105 e. The van der Waals surface area contributed by atoms with Gasteiger partial charge in [0.1, 0.15) is 0 Å². The molecule has 0 fully saturated rings. The molecular formula is C12H12S6. The first-order valence-corrected chi connectivity index (χ1v) is 10.5. The summed E-state index contributed by atoms with van der Waals surface area (Å²) in [4.78, 5) is 0. The second kappa shape index (κ2) is 14.0. The van der Waals surface area contributed by atoms with Gasteiger partial charge in [0.2, 0.25) is 0 Å². The minimum absolute atomic E-state index is 1.68. The van der Waals surface area contributed by atoms with Gasteiger partial charge < -0.3 is 0 Å². The van der Waals surface area contributed by atoms with Gasteiger partial charge in [-0.25, -0.2) is 0 Å². The molecule has 6 heteroatoms. The highest BCUT2D eigenvalue weighted by atomic mass is 32.2. The van der Waals surface area contributed by atoms with Crippen LogP contribution >= 0.6 is 70.6 Å². The van der Waals surface area contributed by atoms with Crippen LogP contribution < -0.4 is 0 Å². The zero-order chi connectivity index (χ0) is 12.7. The average Bonchev–Trinajstić information content (AvgIpc) is 2.39. The van der Waals surface area contributed by atoms with Gasteiger partial charge in [0.15, 0.2) is 0 Å². The van der Waals surface area contributed by atoms with Crippen molar-refractivity contribution in [2.24, 2.45) is 0 Å². The summed E-state index contributed by atoms with van der Waals surface area (Å²) >= 11 is 10.1. The van der Waals surface area contributed by atoms with Crippen LogP contribution in [0.5, 0.6) is 0 Å². The Kier molecular flexibility index (Phi) is 12.9. The molecule has 96 valence electrons. The summed E-state index contributed by atoms with van der Waals surface area (Å²) in [5, 5.41) is 24.9. The Bertz CT molecular complexity index is 248. The van der Waals surface area contributed by atoms with Crippen molar-refractivity contribution in [2.75, 3.05) is 0 Å². The molecule has 1 aliphatic heterocycles. The number of hydrogen-bond acceptors (Lipinski definition) is 6. The molecule has 0 radical (unpaired) electrons. The molecule has 18 heavy (non-hydrogen) atoms. The van der Waals surface area contributed by atoms with Crippen LogP contribution in [0.2, 0.25) is 0 Å². The second-order valence-electron chi connectivity index (χ2n) is 2.45. The van der Waals surface area contributed by atoms with E-state index < -0.39 is 0 Å². The maximum absolute atomic E-state index is 2.08. The first-order chi connectivity index (χ1) is 9.00. The van der Waals surface area contributed by atoms with E-state index in [1.807, 2.05) is 0 Å². The van der Waals surface area contributed by atoms with Crippen LogP contribution in [0.25, 0.3) is 0 Å². The lowest BCUT2D eigenvalue weighted by Gasteiger charge is -1.86. The molecule has 0 spiro atoms. The summed E-state index contributed by atoms with van der Waals surface area (Å²) in [7, 11) is 0. The molecule has 0 bridgehead atoms. The van der Waals surface area contributed by atoms with Gasteiger partial charge in [-0.05, 0) is 64.9 Å². The molecule has 1 rings (SSSR count). The van der Waals surface area contributed by atoms with Crippen LogP contribution in [0.4, 0.5) is 0 Å². The normalized spacial score (nSPS) is 29.3. The molecule has 0 amide bonds. The largest absolute Gasteiger partial charge is 0.105 e. The first-order valence-electron chi connectivity index (χ1n) is 4.83. The first kappa shape index (κ1) is 16.6. The fourth-order valence-corrected chi connectivity index (χ4v) is 4.28. The molecule has 0 saturated carbocycles. The minimum atomic E-state index is 1.68. The Morgan fingerprint density at radius 3 is 0.444 bits per heavy atom. The predicted octanol–water partition coefficient (Wildman–Crippen LogP) is 7.23. The van der Waals surface area contributed by atoms with Gasteiger partial charge in [-0.3, -0.25) is 0 Å². The zero-order valence-electron chi connectivity index (χ0n) is 9.38. The van der Waals surface area contributed by atoms with Crippen LogP contribution in [0.15, 0.2) is 64.9 Å². The predicted molar refractivity (Wildman–Crippen MR) is 100 cm³/mol. The van der Waals surface area contributed by atoms with E-state index >= 15 is 0 Å². The van der Waals surface area contributed by atoms with Gasteiger partial charge in [-0.15, -0.1) is 70.6 Å². The van der Waals surface area contributed by atoms with Crippen LogP contribution in [0.1, 0.15) is 0 Å². The summed E-state index contributed by atoms with van der Waals surface area (Å²) in [6.07, 6.45) is 0. The maximum Gasteiger partial charge on any atom is -0.0181 e. The van der Waals surface area contributed by atoms with E-state index in [9.17, 15) is 0 Å². The quantitative estimate of drug-likeness (QED) is 0.449. The smallest absolute Gasteiger partial charge is 0.0181 e. The van der Waals surface area contributed by atoms with Crippen molar-refractivity contribution in [2.45, 2.75) is 0 Å². The lowest BCUT2D eigenvalue weighted by molar-refractivity contribution is 2.42. The SMILES string of the molecule is C1=C\S/C=C\S/C=C/S/C=C/S/C=C\S/C=C\S/1. The van der Waals surface area contributed by atoms with Crippen LogP contribution in [-0.4, -0.2) is 0 Å². The Balaban J connectivity index is 2.40. The van der Waals surface area contributed by atoms with E-state index in [-0.39, 0.29) is 0 Å². The van der Waals surface area contributed by atoms with E-state index in [2.05, 4.69) is 64.9 Å². The molecule has 0 aromatic heterocycles. The second-order valence-corrected chi connectivity index (χ2v) is 7.35. The highest BCUT2D eigenvalue weighted by Gasteiger charge is 1.78. The standard InChI is InChI=1S/C12H12S6/c1-2-14-5-6-16-9-10-18-12-11-17-8-7-15-4-3-13-1/h1-12H/b2-1-,4-3-,6-5-,8-7-,10-9+,12-11+. The van der Waals surface area contributed by atoms with E-state index in [1.165, 1.54) is 0 Å². The molecule has 1 aliphatic rings. The molecule has 0 atom stereocenters. The van der Waals surface area contributed by atoms with Gasteiger partial charge in [0, 0.05) is 0 Å². The third-order valence-electron chi connectivity index (χ3n) is 1.28. The van der Waals surface area contributed by atoms with Crippen LogP contribution in [0, 0.1) is 0 Å². The van der Waals surface area contributed by atoms with E-state index in [0.717, 1.165) is 0 Å². The average molecular weight is 349 g/mol. The third kappa shape index (κ3) is 11.6. The van der Waals surface area contributed by atoms with E-state index in [1.54, 1.807) is 70.6 Å². The van der Waals surface area contributed by atoms with E-state index in [4.69, 9.17) is 0 Å². The molecule has 0 N–H and O–H groups in total. The number of rotatable bonds is 0. The highest BCUT2D eigenvalue weighted by molar-refractivity contribution is 8.12. The van der Waals surface area contributed by atoms with Crippen molar-refractivity contribution >= 4 is 70.6 Å². The maximum atomic E-state index is 2.08. The van der Waals surface area contributed by atoms with Gasteiger partial charge in [-0.1, -0.05) is 0 Å². The topological polar surface area (TPSA) is 0 Å². The fourth-order valence-electron chi connectivity index (χ4n) is 0.657. The molecule has 1 heterocycles. The molecule has 0 nitrogen and oxygen atoms in total. The summed E-state index contributed by atoms with van der Waals surface area (Å²) < 4.78 is 0. The van der Waals surface area contributed by atoms with Crippen molar-refractivity contribution < 1.29 is 0 Å². The van der Waals surface area contributed by atoms with Crippen molar-refractivity contribution in [3.8, 4) is 0 Å². The summed E-state index contributed by atoms with van der Waals surface area (Å²) in [6, 6.07) is 0. The van der Waals surface area contributed by atoms with Crippen LogP contribution in [-0.2, 0) is 0 Å². The monoisotopic (exact) mass is 348 g/mol. The summed E-state index contributed by atoms with van der Waals surface area (Å²) in [6.45, 7) is 0. The highest BCUT2D eigenvalue weighted by Crippen LogP contribution is 2.19.